The molecular weight excluding hydrogens is 324 g/mol. The summed E-state index contributed by atoms with van der Waals surface area (Å²) in [4.78, 5) is 17.5. The zero-order valence-corrected chi connectivity index (χ0v) is 16.1. The zero-order chi connectivity index (χ0) is 18.0. The second-order valence-electron chi connectivity index (χ2n) is 8.61. The maximum absolute atomic E-state index is 12.7. The van der Waals surface area contributed by atoms with Gasteiger partial charge in [-0.25, -0.2) is 0 Å². The van der Waals surface area contributed by atoms with Crippen LogP contribution < -0.4 is 4.74 Å². The number of likely N-dealkylation sites (tertiary alicyclic amines) is 2. The summed E-state index contributed by atoms with van der Waals surface area (Å²) in [5.74, 6) is 1.20. The van der Waals surface area contributed by atoms with Gasteiger partial charge in [0.1, 0.15) is 5.75 Å². The predicted octanol–water partition coefficient (Wildman–Crippen LogP) is 3.84. The molecule has 3 fully saturated rings. The van der Waals surface area contributed by atoms with Gasteiger partial charge in [0.15, 0.2) is 0 Å². The molecule has 4 nitrogen and oxygen atoms in total. The lowest BCUT2D eigenvalue weighted by Crippen LogP contribution is -2.46. The molecule has 3 aliphatic rings. The van der Waals surface area contributed by atoms with Crippen LogP contribution in [0.15, 0.2) is 24.3 Å². The normalized spacial score (nSPS) is 24.3. The molecule has 1 spiro atoms. The quantitative estimate of drug-likeness (QED) is 0.822. The largest absolute Gasteiger partial charge is 0.497 e. The Hall–Kier alpha value is -1.55. The molecule has 0 bridgehead atoms. The van der Waals surface area contributed by atoms with Crippen molar-refractivity contribution in [2.24, 2.45) is 5.41 Å². The van der Waals surface area contributed by atoms with Crippen LogP contribution in [0.4, 0.5) is 0 Å². The summed E-state index contributed by atoms with van der Waals surface area (Å²) in [5.41, 5.74) is 1.38. The monoisotopic (exact) mass is 356 g/mol. The van der Waals surface area contributed by atoms with Crippen molar-refractivity contribution in [3.63, 3.8) is 0 Å². The smallest absolute Gasteiger partial charge is 0.223 e. The lowest BCUT2D eigenvalue weighted by Gasteiger charge is -2.43. The van der Waals surface area contributed by atoms with Crippen molar-refractivity contribution in [2.75, 3.05) is 26.7 Å². The molecule has 1 saturated carbocycles. The summed E-state index contributed by atoms with van der Waals surface area (Å²) < 4.78 is 5.32. The minimum atomic E-state index is 0.223. The van der Waals surface area contributed by atoms with E-state index in [0.29, 0.717) is 12.5 Å². The number of methoxy groups -OCH3 is 1. The first kappa shape index (κ1) is 17.8. The maximum atomic E-state index is 12.7. The molecule has 2 saturated heterocycles. The van der Waals surface area contributed by atoms with E-state index in [0.717, 1.165) is 30.3 Å². The van der Waals surface area contributed by atoms with E-state index in [4.69, 9.17) is 4.74 Å². The molecular formula is C22H32N2O2. The molecule has 4 rings (SSSR count). The van der Waals surface area contributed by atoms with Crippen LogP contribution in [0, 0.1) is 5.41 Å². The summed E-state index contributed by atoms with van der Waals surface area (Å²) in [6, 6.07) is 8.91. The third-order valence-corrected chi connectivity index (χ3v) is 6.86. The van der Waals surface area contributed by atoms with Gasteiger partial charge in [0.25, 0.3) is 0 Å². The highest BCUT2D eigenvalue weighted by Crippen LogP contribution is 2.42. The van der Waals surface area contributed by atoms with Gasteiger partial charge in [-0.3, -0.25) is 4.79 Å². The van der Waals surface area contributed by atoms with Crippen molar-refractivity contribution in [1.29, 1.82) is 0 Å². The average molecular weight is 357 g/mol. The van der Waals surface area contributed by atoms with Crippen LogP contribution in [0.2, 0.25) is 0 Å². The van der Waals surface area contributed by atoms with Gasteiger partial charge in [0.2, 0.25) is 5.91 Å². The summed E-state index contributed by atoms with van der Waals surface area (Å²) in [6.45, 7) is 4.02. The summed E-state index contributed by atoms with van der Waals surface area (Å²) >= 11 is 0. The van der Waals surface area contributed by atoms with Gasteiger partial charge in [-0.05, 0) is 61.9 Å². The van der Waals surface area contributed by atoms with E-state index in [1.807, 2.05) is 18.2 Å². The standard InChI is InChI=1S/C22H32N2O2/c1-26-20-9-5-6-18(14-20)16-24-17-22(15-21(24)25)10-12-23(13-11-22)19-7-3-2-4-8-19/h5-6,9,14,19H,2-4,7-8,10-13,15-17H2,1H3. The molecule has 0 atom stereocenters. The first-order valence-electron chi connectivity index (χ1n) is 10.3. The summed E-state index contributed by atoms with van der Waals surface area (Å²) in [6.07, 6.45) is 10.1. The van der Waals surface area contributed by atoms with Crippen molar-refractivity contribution >= 4 is 5.91 Å². The van der Waals surface area contributed by atoms with E-state index < -0.39 is 0 Å². The first-order valence-corrected chi connectivity index (χ1v) is 10.3. The average Bonchev–Trinajstić information content (AvgIpc) is 2.98. The van der Waals surface area contributed by atoms with Crippen LogP contribution in [0.3, 0.4) is 0 Å². The Morgan fingerprint density at radius 2 is 1.92 bits per heavy atom. The summed E-state index contributed by atoms with van der Waals surface area (Å²) in [5, 5.41) is 0. The Morgan fingerprint density at radius 1 is 1.15 bits per heavy atom. The van der Waals surface area contributed by atoms with Gasteiger partial charge in [-0.1, -0.05) is 31.4 Å². The third-order valence-electron chi connectivity index (χ3n) is 6.86. The van der Waals surface area contributed by atoms with Crippen LogP contribution in [0.1, 0.15) is 56.9 Å². The third kappa shape index (κ3) is 3.75. The first-order chi connectivity index (χ1) is 12.7. The Labute approximate surface area is 157 Å². The molecule has 0 radical (unpaired) electrons. The van der Waals surface area contributed by atoms with Crippen molar-refractivity contribution in [3.05, 3.63) is 29.8 Å². The van der Waals surface area contributed by atoms with Gasteiger partial charge in [-0.2, -0.15) is 0 Å². The van der Waals surface area contributed by atoms with E-state index in [1.165, 1.54) is 58.0 Å². The number of hydrogen-bond acceptors (Lipinski definition) is 3. The van der Waals surface area contributed by atoms with Crippen LogP contribution in [0.25, 0.3) is 0 Å². The summed E-state index contributed by atoms with van der Waals surface area (Å²) in [7, 11) is 1.69. The number of nitrogens with zero attached hydrogens (tertiary/aromatic N) is 2. The Balaban J connectivity index is 1.35. The lowest BCUT2D eigenvalue weighted by molar-refractivity contribution is -0.128. The van der Waals surface area contributed by atoms with Gasteiger partial charge >= 0.3 is 0 Å². The van der Waals surface area contributed by atoms with Crippen LogP contribution in [-0.2, 0) is 11.3 Å². The number of ether oxygens (including phenoxy) is 1. The predicted molar refractivity (Wildman–Crippen MR) is 103 cm³/mol. The Morgan fingerprint density at radius 3 is 2.65 bits per heavy atom. The highest BCUT2D eigenvalue weighted by atomic mass is 16.5. The van der Waals surface area contributed by atoms with Gasteiger partial charge in [0.05, 0.1) is 7.11 Å². The van der Waals surface area contributed by atoms with Crippen molar-refractivity contribution < 1.29 is 9.53 Å². The van der Waals surface area contributed by atoms with E-state index in [9.17, 15) is 4.79 Å². The van der Waals surface area contributed by atoms with E-state index >= 15 is 0 Å². The molecule has 4 heteroatoms. The van der Waals surface area contributed by atoms with Gasteiger partial charge < -0.3 is 14.5 Å². The molecule has 0 unspecified atom stereocenters. The fraction of sp³-hybridized carbons (Fsp3) is 0.682. The van der Waals surface area contributed by atoms with Gasteiger partial charge in [-0.15, -0.1) is 0 Å². The second kappa shape index (κ2) is 7.59. The van der Waals surface area contributed by atoms with Crippen molar-refractivity contribution in [2.45, 2.75) is 64.0 Å². The molecule has 0 N–H and O–H groups in total. The molecule has 26 heavy (non-hydrogen) atoms. The lowest BCUT2D eigenvalue weighted by atomic mass is 9.77. The maximum Gasteiger partial charge on any atom is 0.223 e. The molecule has 1 aliphatic carbocycles. The van der Waals surface area contributed by atoms with Crippen LogP contribution >= 0.6 is 0 Å². The minimum absolute atomic E-state index is 0.223. The Kier molecular flexibility index (Phi) is 5.21. The molecule has 2 heterocycles. The molecule has 1 amide bonds. The van der Waals surface area contributed by atoms with E-state index in [1.54, 1.807) is 7.11 Å². The SMILES string of the molecule is COc1cccc(CN2CC3(CCN(C4CCCCC4)CC3)CC2=O)c1. The van der Waals surface area contributed by atoms with E-state index in [2.05, 4.69) is 15.9 Å². The van der Waals surface area contributed by atoms with E-state index in [-0.39, 0.29) is 5.41 Å². The topological polar surface area (TPSA) is 32.8 Å². The number of carbonyl (C=O) groups excluding carboxylic acids is 1. The fourth-order valence-electron chi connectivity index (χ4n) is 5.26. The number of hydrogen-bond donors (Lipinski definition) is 0. The molecule has 1 aromatic carbocycles. The van der Waals surface area contributed by atoms with Crippen LogP contribution in [-0.4, -0.2) is 48.5 Å². The number of carbonyl (C=O) groups is 1. The van der Waals surface area contributed by atoms with Gasteiger partial charge in [0, 0.05) is 25.6 Å². The number of rotatable bonds is 4. The molecule has 0 aromatic heterocycles. The van der Waals surface area contributed by atoms with Crippen LogP contribution in [0.5, 0.6) is 5.75 Å². The minimum Gasteiger partial charge on any atom is -0.497 e. The fourth-order valence-corrected chi connectivity index (χ4v) is 5.26. The molecule has 142 valence electrons. The highest BCUT2D eigenvalue weighted by Gasteiger charge is 2.45. The van der Waals surface area contributed by atoms with Crippen molar-refractivity contribution in [3.8, 4) is 5.75 Å². The molecule has 2 aliphatic heterocycles. The second-order valence-corrected chi connectivity index (χ2v) is 8.61. The highest BCUT2D eigenvalue weighted by molar-refractivity contribution is 5.79. The number of piperidine rings is 1. The zero-order valence-electron chi connectivity index (χ0n) is 16.1. The number of benzene rings is 1. The number of amides is 1. The molecule has 1 aromatic rings. The van der Waals surface area contributed by atoms with Crippen molar-refractivity contribution in [1.82, 2.24) is 9.80 Å². The Bertz CT molecular complexity index is 631.